The predicted molar refractivity (Wildman–Crippen MR) is 52.4 cm³/mol. The molecule has 0 unspecified atom stereocenters. The van der Waals surface area contributed by atoms with E-state index in [1.165, 1.54) is 12.1 Å². The highest BCUT2D eigenvalue weighted by Crippen LogP contribution is 2.21. The van der Waals surface area contributed by atoms with Crippen LogP contribution in [0.2, 0.25) is 0 Å². The van der Waals surface area contributed by atoms with E-state index in [0.29, 0.717) is 5.69 Å². The molecule has 0 saturated heterocycles. The van der Waals surface area contributed by atoms with Crippen molar-refractivity contribution in [1.82, 2.24) is 0 Å². The number of anilines is 2. The second kappa shape index (κ2) is 4.78. The molecular weight excluding hydrogens is 187 g/mol. The van der Waals surface area contributed by atoms with Crippen LogP contribution >= 0.6 is 0 Å². The van der Waals surface area contributed by atoms with Crippen LogP contribution in [-0.4, -0.2) is 29.5 Å². The second-order valence-corrected chi connectivity index (χ2v) is 2.91. The van der Waals surface area contributed by atoms with Gasteiger partial charge in [0.25, 0.3) is 0 Å². The van der Waals surface area contributed by atoms with Gasteiger partial charge in [0.1, 0.15) is 5.82 Å². The Morgan fingerprint density at radius 3 is 2.57 bits per heavy atom. The predicted octanol–water partition coefficient (Wildman–Crippen LogP) is 0.173. The van der Waals surface area contributed by atoms with Gasteiger partial charge in [-0.05, 0) is 12.1 Å². The van der Waals surface area contributed by atoms with Crippen LogP contribution < -0.4 is 11.1 Å². The Morgan fingerprint density at radius 2 is 2.00 bits per heavy atom. The van der Waals surface area contributed by atoms with Crippen molar-refractivity contribution in [2.24, 2.45) is 0 Å². The number of aliphatic hydroxyl groups is 2. The zero-order chi connectivity index (χ0) is 10.6. The molecule has 1 rings (SSSR count). The van der Waals surface area contributed by atoms with Crippen LogP contribution in [0.3, 0.4) is 0 Å². The maximum absolute atomic E-state index is 12.9. The summed E-state index contributed by atoms with van der Waals surface area (Å²) in [6, 6.07) is 3.79. The van der Waals surface area contributed by atoms with Crippen molar-refractivity contribution < 1.29 is 14.6 Å². The molecule has 0 saturated carbocycles. The summed E-state index contributed by atoms with van der Waals surface area (Å²) in [5.74, 6) is -0.523. The minimum Gasteiger partial charge on any atom is -0.395 e. The van der Waals surface area contributed by atoms with Crippen molar-refractivity contribution in [2.45, 2.75) is 6.04 Å². The topological polar surface area (TPSA) is 78.5 Å². The van der Waals surface area contributed by atoms with E-state index in [1.54, 1.807) is 6.07 Å². The lowest BCUT2D eigenvalue weighted by Gasteiger charge is -2.16. The molecule has 14 heavy (non-hydrogen) atoms. The summed E-state index contributed by atoms with van der Waals surface area (Å²) in [5, 5.41) is 20.3. The third-order valence-corrected chi connectivity index (χ3v) is 1.85. The Morgan fingerprint density at radius 1 is 1.36 bits per heavy atom. The van der Waals surface area contributed by atoms with Crippen LogP contribution in [0.15, 0.2) is 18.2 Å². The van der Waals surface area contributed by atoms with E-state index in [9.17, 15) is 4.39 Å². The molecule has 1 aromatic rings. The van der Waals surface area contributed by atoms with Crippen molar-refractivity contribution in [3.63, 3.8) is 0 Å². The first-order valence-electron chi connectivity index (χ1n) is 4.21. The summed E-state index contributed by atoms with van der Waals surface area (Å²) in [4.78, 5) is 0. The van der Waals surface area contributed by atoms with Gasteiger partial charge in [-0.3, -0.25) is 0 Å². The number of nitrogens with two attached hydrogens (primary N) is 1. The lowest BCUT2D eigenvalue weighted by atomic mass is 10.2. The van der Waals surface area contributed by atoms with Gasteiger partial charge in [0.15, 0.2) is 0 Å². The largest absolute Gasteiger partial charge is 0.395 e. The molecule has 5 heteroatoms. The molecule has 78 valence electrons. The van der Waals surface area contributed by atoms with Gasteiger partial charge in [0, 0.05) is 0 Å². The summed E-state index contributed by atoms with van der Waals surface area (Å²) < 4.78 is 12.9. The second-order valence-electron chi connectivity index (χ2n) is 2.91. The molecule has 0 heterocycles. The molecule has 0 aliphatic carbocycles. The highest BCUT2D eigenvalue weighted by atomic mass is 19.1. The first-order chi connectivity index (χ1) is 6.69. The summed E-state index contributed by atoms with van der Waals surface area (Å²) >= 11 is 0. The molecule has 0 amide bonds. The first-order valence-corrected chi connectivity index (χ1v) is 4.21. The van der Waals surface area contributed by atoms with Gasteiger partial charge in [-0.25, -0.2) is 4.39 Å². The molecule has 4 nitrogen and oxygen atoms in total. The van der Waals surface area contributed by atoms with E-state index >= 15 is 0 Å². The van der Waals surface area contributed by atoms with Gasteiger partial charge in [0.05, 0.1) is 30.6 Å². The van der Waals surface area contributed by atoms with Gasteiger partial charge in [-0.1, -0.05) is 6.07 Å². The molecule has 0 radical (unpaired) electrons. The summed E-state index contributed by atoms with van der Waals surface area (Å²) in [5.41, 5.74) is 5.80. The molecular formula is C9H13FN2O2. The molecule has 0 atom stereocenters. The number of hydrogen-bond acceptors (Lipinski definition) is 4. The van der Waals surface area contributed by atoms with Crippen molar-refractivity contribution >= 4 is 11.4 Å². The van der Waals surface area contributed by atoms with E-state index in [4.69, 9.17) is 15.9 Å². The fourth-order valence-electron chi connectivity index (χ4n) is 1.03. The Kier molecular flexibility index (Phi) is 3.67. The van der Waals surface area contributed by atoms with Crippen molar-refractivity contribution in [3.05, 3.63) is 24.0 Å². The highest BCUT2D eigenvalue weighted by Gasteiger charge is 2.09. The smallest absolute Gasteiger partial charge is 0.148 e. The maximum Gasteiger partial charge on any atom is 0.148 e. The minimum absolute atomic E-state index is 0.0144. The number of benzene rings is 1. The molecule has 0 aliphatic heterocycles. The Balaban J connectivity index is 2.80. The monoisotopic (exact) mass is 200 g/mol. The molecule has 1 aromatic carbocycles. The molecule has 0 aromatic heterocycles. The number of nitrogens with one attached hydrogen (secondary N) is 1. The normalized spacial score (nSPS) is 10.6. The van der Waals surface area contributed by atoms with E-state index in [-0.39, 0.29) is 18.9 Å². The number of halogens is 1. The standard InChI is InChI=1S/C9H13FN2O2/c10-7-2-1-3-8(9(7)11)12-6(4-13)5-14/h1-3,6,12-14H,4-5,11H2. The van der Waals surface area contributed by atoms with E-state index in [0.717, 1.165) is 0 Å². The zero-order valence-electron chi connectivity index (χ0n) is 7.57. The third-order valence-electron chi connectivity index (χ3n) is 1.85. The van der Waals surface area contributed by atoms with E-state index in [2.05, 4.69) is 5.32 Å². The Hall–Kier alpha value is -1.33. The number of aliphatic hydroxyl groups excluding tert-OH is 2. The van der Waals surface area contributed by atoms with Crippen LogP contribution in [-0.2, 0) is 0 Å². The van der Waals surface area contributed by atoms with Crippen LogP contribution in [0.25, 0.3) is 0 Å². The molecule has 0 bridgehead atoms. The van der Waals surface area contributed by atoms with Gasteiger partial charge in [-0.2, -0.15) is 0 Å². The first kappa shape index (κ1) is 10.7. The van der Waals surface area contributed by atoms with Crippen LogP contribution in [0, 0.1) is 5.82 Å². The molecule has 0 spiro atoms. The van der Waals surface area contributed by atoms with Gasteiger partial charge < -0.3 is 21.3 Å². The number of nitrogen functional groups attached to an aromatic ring is 1. The van der Waals surface area contributed by atoms with Crippen LogP contribution in [0.5, 0.6) is 0 Å². The highest BCUT2D eigenvalue weighted by molar-refractivity contribution is 5.66. The average Bonchev–Trinajstić information content (AvgIpc) is 2.20. The fourth-order valence-corrected chi connectivity index (χ4v) is 1.03. The van der Waals surface area contributed by atoms with Crippen molar-refractivity contribution in [1.29, 1.82) is 0 Å². The quantitative estimate of drug-likeness (QED) is 0.522. The van der Waals surface area contributed by atoms with E-state index < -0.39 is 11.9 Å². The minimum atomic E-state index is -0.529. The summed E-state index contributed by atoms with van der Waals surface area (Å²) in [6.45, 7) is -0.487. The van der Waals surface area contributed by atoms with E-state index in [1.807, 2.05) is 0 Å². The summed E-state index contributed by atoms with van der Waals surface area (Å²) in [7, 11) is 0. The van der Waals surface area contributed by atoms with Crippen molar-refractivity contribution in [3.8, 4) is 0 Å². The third kappa shape index (κ3) is 2.34. The van der Waals surface area contributed by atoms with Gasteiger partial charge in [-0.15, -0.1) is 0 Å². The molecule has 0 fully saturated rings. The van der Waals surface area contributed by atoms with Gasteiger partial charge >= 0.3 is 0 Å². The summed E-state index contributed by atoms with van der Waals surface area (Å²) in [6.07, 6.45) is 0. The van der Waals surface area contributed by atoms with Crippen molar-refractivity contribution in [2.75, 3.05) is 24.3 Å². The molecule has 0 aliphatic rings. The molecule has 5 N–H and O–H groups in total. The lowest BCUT2D eigenvalue weighted by molar-refractivity contribution is 0.204. The Bertz CT molecular complexity index is 303. The number of rotatable bonds is 4. The van der Waals surface area contributed by atoms with Crippen LogP contribution in [0.4, 0.5) is 15.8 Å². The lowest BCUT2D eigenvalue weighted by Crippen LogP contribution is -2.28. The number of para-hydroxylation sites is 1. The van der Waals surface area contributed by atoms with Crippen LogP contribution in [0.1, 0.15) is 0 Å². The zero-order valence-corrected chi connectivity index (χ0v) is 7.57. The average molecular weight is 200 g/mol. The van der Waals surface area contributed by atoms with Gasteiger partial charge in [0.2, 0.25) is 0 Å². The SMILES string of the molecule is Nc1c(F)cccc1NC(CO)CO. The number of hydrogen-bond donors (Lipinski definition) is 4. The maximum atomic E-state index is 12.9. The Labute approximate surface area is 81.2 Å². The fraction of sp³-hybridized carbons (Fsp3) is 0.333.